The van der Waals surface area contributed by atoms with Crippen LogP contribution in [-0.4, -0.2) is 28.0 Å². The lowest BCUT2D eigenvalue weighted by Gasteiger charge is -2.22. The Morgan fingerprint density at radius 1 is 1.38 bits per heavy atom. The van der Waals surface area contributed by atoms with Gasteiger partial charge in [-0.05, 0) is 43.9 Å². The maximum Gasteiger partial charge on any atom is 0.329 e. The third-order valence-corrected chi connectivity index (χ3v) is 4.72. The van der Waals surface area contributed by atoms with Gasteiger partial charge in [0.25, 0.3) is 0 Å². The highest BCUT2D eigenvalue weighted by Gasteiger charge is 2.39. The summed E-state index contributed by atoms with van der Waals surface area (Å²) in [5.41, 5.74) is -0.0557. The first-order chi connectivity index (χ1) is 10.2. The molecule has 3 unspecified atom stereocenters. The average molecular weight is 291 g/mol. The van der Waals surface area contributed by atoms with Crippen molar-refractivity contribution in [2.24, 2.45) is 17.8 Å². The summed E-state index contributed by atoms with van der Waals surface area (Å²) in [5, 5.41) is 17.3. The normalized spacial score (nSPS) is 26.8. The highest BCUT2D eigenvalue weighted by molar-refractivity contribution is 5.56. The first-order valence-electron chi connectivity index (χ1n) is 7.66. The van der Waals surface area contributed by atoms with Crippen molar-refractivity contribution < 1.29 is 4.92 Å². The highest BCUT2D eigenvalue weighted by atomic mass is 16.6. The molecular weight excluding hydrogens is 270 g/mol. The summed E-state index contributed by atoms with van der Waals surface area (Å²) in [5.74, 6) is 3.05. The average Bonchev–Trinajstić information content (AvgIpc) is 3.08. The fraction of sp³-hybridized carbons (Fsp3) is 0.714. The Labute approximate surface area is 123 Å². The zero-order valence-corrected chi connectivity index (χ0v) is 12.2. The predicted molar refractivity (Wildman–Crippen MR) is 80.3 cm³/mol. The molecule has 3 atom stereocenters. The fourth-order valence-corrected chi connectivity index (χ4v) is 3.74. The minimum absolute atomic E-state index is 0.0557. The van der Waals surface area contributed by atoms with Gasteiger partial charge in [0, 0.05) is 13.1 Å². The van der Waals surface area contributed by atoms with E-state index in [-0.39, 0.29) is 5.69 Å². The van der Waals surface area contributed by atoms with Crippen LogP contribution >= 0.6 is 0 Å². The molecule has 0 spiro atoms. The van der Waals surface area contributed by atoms with E-state index in [0.29, 0.717) is 24.2 Å². The minimum atomic E-state index is -0.432. The van der Waals surface area contributed by atoms with Crippen LogP contribution in [0.2, 0.25) is 0 Å². The summed E-state index contributed by atoms with van der Waals surface area (Å²) < 4.78 is 0. The van der Waals surface area contributed by atoms with E-state index in [0.717, 1.165) is 18.4 Å². The molecule has 7 nitrogen and oxygen atoms in total. The molecule has 1 aromatic heterocycles. The quantitative estimate of drug-likeness (QED) is 0.618. The summed E-state index contributed by atoms with van der Waals surface area (Å²) in [6, 6.07) is 0. The predicted octanol–water partition coefficient (Wildman–Crippen LogP) is 2.66. The number of nitrogens with zero attached hydrogens (tertiary/aromatic N) is 3. The molecule has 7 heteroatoms. The molecular formula is C14H21N5O2. The summed E-state index contributed by atoms with van der Waals surface area (Å²) in [6.45, 7) is 3.39. The second-order valence-corrected chi connectivity index (χ2v) is 6.03. The molecule has 114 valence electrons. The number of rotatable bonds is 6. The Bertz CT molecular complexity index is 536. The van der Waals surface area contributed by atoms with Gasteiger partial charge in [0.1, 0.15) is 6.20 Å². The Morgan fingerprint density at radius 2 is 2.24 bits per heavy atom. The van der Waals surface area contributed by atoms with E-state index in [1.807, 2.05) is 6.92 Å². The second-order valence-electron chi connectivity index (χ2n) is 6.03. The number of fused-ring (bicyclic) bond motifs is 2. The van der Waals surface area contributed by atoms with Crippen LogP contribution in [0.5, 0.6) is 0 Å². The van der Waals surface area contributed by atoms with Gasteiger partial charge >= 0.3 is 5.69 Å². The Hall–Kier alpha value is -1.92. The molecule has 0 aromatic carbocycles. The molecule has 2 fully saturated rings. The van der Waals surface area contributed by atoms with Crippen molar-refractivity contribution in [2.75, 3.05) is 23.7 Å². The van der Waals surface area contributed by atoms with E-state index in [2.05, 4.69) is 20.6 Å². The second kappa shape index (κ2) is 5.83. The molecule has 2 aliphatic rings. The third-order valence-electron chi connectivity index (χ3n) is 4.72. The van der Waals surface area contributed by atoms with Crippen molar-refractivity contribution in [3.63, 3.8) is 0 Å². The Kier molecular flexibility index (Phi) is 3.90. The lowest BCUT2D eigenvalue weighted by atomic mass is 9.89. The SMILES string of the molecule is CCNc1ncc([N+](=O)[O-])c(NCC2CC3CCC2C3)n1. The van der Waals surface area contributed by atoms with Gasteiger partial charge in [0.2, 0.25) is 11.8 Å². The van der Waals surface area contributed by atoms with Crippen LogP contribution in [0.3, 0.4) is 0 Å². The van der Waals surface area contributed by atoms with Gasteiger partial charge in [-0.3, -0.25) is 10.1 Å². The van der Waals surface area contributed by atoms with Gasteiger partial charge in [-0.1, -0.05) is 6.42 Å². The molecule has 2 saturated carbocycles. The maximum atomic E-state index is 11.1. The van der Waals surface area contributed by atoms with E-state index in [9.17, 15) is 10.1 Å². The van der Waals surface area contributed by atoms with E-state index >= 15 is 0 Å². The van der Waals surface area contributed by atoms with Crippen LogP contribution in [0, 0.1) is 27.9 Å². The van der Waals surface area contributed by atoms with Gasteiger partial charge in [0.05, 0.1) is 4.92 Å². The van der Waals surface area contributed by atoms with Gasteiger partial charge in [-0.15, -0.1) is 0 Å². The van der Waals surface area contributed by atoms with Crippen LogP contribution < -0.4 is 10.6 Å². The number of hydrogen-bond donors (Lipinski definition) is 2. The maximum absolute atomic E-state index is 11.1. The van der Waals surface area contributed by atoms with Crippen molar-refractivity contribution in [3.8, 4) is 0 Å². The number of nitro groups is 1. The molecule has 1 aromatic rings. The lowest BCUT2D eigenvalue weighted by molar-refractivity contribution is -0.384. The van der Waals surface area contributed by atoms with Crippen LogP contribution in [0.1, 0.15) is 32.6 Å². The summed E-state index contributed by atoms with van der Waals surface area (Å²) in [7, 11) is 0. The number of aromatic nitrogens is 2. The molecule has 0 amide bonds. The van der Waals surface area contributed by atoms with Crippen molar-refractivity contribution >= 4 is 17.5 Å². The van der Waals surface area contributed by atoms with Gasteiger partial charge in [-0.25, -0.2) is 4.98 Å². The molecule has 0 saturated heterocycles. The number of anilines is 2. The summed E-state index contributed by atoms with van der Waals surface area (Å²) >= 11 is 0. The Balaban J connectivity index is 1.70. The monoisotopic (exact) mass is 291 g/mol. The lowest BCUT2D eigenvalue weighted by Crippen LogP contribution is -2.21. The fourth-order valence-electron chi connectivity index (χ4n) is 3.74. The highest BCUT2D eigenvalue weighted by Crippen LogP contribution is 2.48. The molecule has 2 N–H and O–H groups in total. The van der Waals surface area contributed by atoms with Crippen LogP contribution in [0.25, 0.3) is 0 Å². The number of hydrogen-bond acceptors (Lipinski definition) is 6. The van der Waals surface area contributed by atoms with Crippen LogP contribution in [0.4, 0.5) is 17.5 Å². The first-order valence-corrected chi connectivity index (χ1v) is 7.66. The molecule has 1 heterocycles. The standard InChI is InChI=1S/C14H21N5O2/c1-2-15-14-17-8-12(19(20)21)13(18-14)16-7-11-6-9-3-4-10(11)5-9/h8-11H,2-7H2,1H3,(H2,15,16,17,18). The molecule has 21 heavy (non-hydrogen) atoms. The molecule has 2 bridgehead atoms. The Morgan fingerprint density at radius 3 is 2.86 bits per heavy atom. The van der Waals surface area contributed by atoms with E-state index in [1.54, 1.807) is 0 Å². The molecule has 2 aliphatic carbocycles. The van der Waals surface area contributed by atoms with E-state index < -0.39 is 4.92 Å². The molecule has 0 radical (unpaired) electrons. The van der Waals surface area contributed by atoms with Crippen LogP contribution in [0.15, 0.2) is 6.20 Å². The van der Waals surface area contributed by atoms with Crippen molar-refractivity contribution in [2.45, 2.75) is 32.6 Å². The third kappa shape index (κ3) is 2.91. The van der Waals surface area contributed by atoms with E-state index in [1.165, 1.54) is 31.9 Å². The van der Waals surface area contributed by atoms with Crippen molar-refractivity contribution in [1.29, 1.82) is 0 Å². The van der Waals surface area contributed by atoms with Crippen LogP contribution in [-0.2, 0) is 0 Å². The summed E-state index contributed by atoms with van der Waals surface area (Å²) in [6.07, 6.45) is 6.52. The van der Waals surface area contributed by atoms with Crippen molar-refractivity contribution in [3.05, 3.63) is 16.3 Å². The van der Waals surface area contributed by atoms with Gasteiger partial charge < -0.3 is 10.6 Å². The molecule has 0 aliphatic heterocycles. The zero-order valence-electron chi connectivity index (χ0n) is 12.2. The zero-order chi connectivity index (χ0) is 14.8. The topological polar surface area (TPSA) is 93.0 Å². The minimum Gasteiger partial charge on any atom is -0.364 e. The molecule has 3 rings (SSSR count). The first kappa shape index (κ1) is 14.0. The van der Waals surface area contributed by atoms with Gasteiger partial charge in [0.15, 0.2) is 0 Å². The van der Waals surface area contributed by atoms with Crippen molar-refractivity contribution in [1.82, 2.24) is 9.97 Å². The van der Waals surface area contributed by atoms with E-state index in [4.69, 9.17) is 0 Å². The number of nitrogens with one attached hydrogen (secondary N) is 2. The summed E-state index contributed by atoms with van der Waals surface area (Å²) in [4.78, 5) is 18.8. The van der Waals surface area contributed by atoms with Gasteiger partial charge in [-0.2, -0.15) is 4.98 Å². The largest absolute Gasteiger partial charge is 0.364 e. The smallest absolute Gasteiger partial charge is 0.329 e.